The number of hydrogen-bond donors (Lipinski definition) is 3. The molecule has 4 N–H and O–H groups in total. The molecule has 25 heavy (non-hydrogen) atoms. The first-order valence-electron chi connectivity index (χ1n) is 7.84. The molecule has 1 heterocycles. The van der Waals surface area contributed by atoms with Crippen molar-refractivity contribution in [2.75, 3.05) is 5.73 Å². The normalized spacial score (nSPS) is 13.4. The van der Waals surface area contributed by atoms with Crippen LogP contribution in [0, 0.1) is 6.92 Å². The Hall–Kier alpha value is -2.43. The van der Waals surface area contributed by atoms with Crippen LogP contribution in [0.15, 0.2) is 41.8 Å². The largest absolute Gasteiger partial charge is 0.508 e. The highest BCUT2D eigenvalue weighted by atomic mass is 35.5. The van der Waals surface area contributed by atoms with Crippen LogP contribution < -0.4 is 5.73 Å². The number of benzene rings is 2. The van der Waals surface area contributed by atoms with Gasteiger partial charge < -0.3 is 15.9 Å². The smallest absolute Gasteiger partial charge is 0.134 e. The predicted molar refractivity (Wildman–Crippen MR) is 104 cm³/mol. The second-order valence-corrected chi connectivity index (χ2v) is 7.54. The lowest BCUT2D eigenvalue weighted by molar-refractivity contribution is 0.474. The van der Waals surface area contributed by atoms with Gasteiger partial charge in [-0.15, -0.1) is 11.3 Å². The fourth-order valence-corrected chi connectivity index (χ4v) is 4.29. The van der Waals surface area contributed by atoms with E-state index in [2.05, 4.69) is 0 Å². The highest BCUT2D eigenvalue weighted by molar-refractivity contribution is 7.14. The minimum Gasteiger partial charge on any atom is -0.508 e. The molecule has 2 aromatic carbocycles. The fraction of sp³-hybridized carbons (Fsp3) is 0.100. The summed E-state index contributed by atoms with van der Waals surface area (Å²) in [5.74, 6) is 0.305. The number of fused-ring (bicyclic) bond motifs is 1. The van der Waals surface area contributed by atoms with Crippen molar-refractivity contribution in [2.24, 2.45) is 0 Å². The topological polar surface area (TPSA) is 66.5 Å². The molecule has 0 spiro atoms. The minimum atomic E-state index is 0.0620. The number of thiophene rings is 1. The average Bonchev–Trinajstić information content (AvgIpc) is 3.13. The Kier molecular flexibility index (Phi) is 3.74. The molecule has 0 aliphatic heterocycles. The van der Waals surface area contributed by atoms with Gasteiger partial charge in [0.25, 0.3) is 0 Å². The number of phenols is 2. The number of nitrogen functional groups attached to an aromatic ring is 1. The third-order valence-electron chi connectivity index (χ3n) is 4.64. The van der Waals surface area contributed by atoms with Crippen LogP contribution in [0.3, 0.4) is 0 Å². The summed E-state index contributed by atoms with van der Waals surface area (Å²) in [5, 5.41) is 22.9. The van der Waals surface area contributed by atoms with Crippen molar-refractivity contribution in [2.45, 2.75) is 13.3 Å². The molecule has 0 saturated heterocycles. The SMILES string of the molecule is Cc1cc(O)cc2c1CC(c1ccc(O)c(Cl)c1)=C2c1ccsc1N. The fourth-order valence-electron chi connectivity index (χ4n) is 3.46. The second kappa shape index (κ2) is 5.83. The van der Waals surface area contributed by atoms with Crippen LogP contribution in [0.25, 0.3) is 11.1 Å². The van der Waals surface area contributed by atoms with Crippen molar-refractivity contribution < 1.29 is 10.2 Å². The molecule has 1 aliphatic carbocycles. The van der Waals surface area contributed by atoms with Crippen LogP contribution in [-0.4, -0.2) is 10.2 Å². The zero-order valence-electron chi connectivity index (χ0n) is 13.5. The van der Waals surface area contributed by atoms with E-state index in [1.54, 1.807) is 24.3 Å². The maximum atomic E-state index is 10.1. The maximum Gasteiger partial charge on any atom is 0.134 e. The number of hydrogen-bond acceptors (Lipinski definition) is 4. The van der Waals surface area contributed by atoms with Gasteiger partial charge in [0.1, 0.15) is 11.5 Å². The van der Waals surface area contributed by atoms with E-state index in [9.17, 15) is 10.2 Å². The van der Waals surface area contributed by atoms with E-state index < -0.39 is 0 Å². The number of rotatable bonds is 2. The zero-order chi connectivity index (χ0) is 17.7. The maximum absolute atomic E-state index is 10.1. The molecule has 0 amide bonds. The molecule has 1 aliphatic rings. The summed E-state index contributed by atoms with van der Waals surface area (Å²) in [5.41, 5.74) is 13.5. The molecule has 0 atom stereocenters. The number of allylic oxidation sites excluding steroid dienone is 1. The van der Waals surface area contributed by atoms with Crippen molar-refractivity contribution in [1.29, 1.82) is 0 Å². The Bertz CT molecular complexity index is 1040. The van der Waals surface area contributed by atoms with Gasteiger partial charge in [0.05, 0.1) is 10.0 Å². The average molecular weight is 370 g/mol. The van der Waals surface area contributed by atoms with Gasteiger partial charge in [-0.3, -0.25) is 0 Å². The molecule has 0 unspecified atom stereocenters. The molecule has 0 saturated carbocycles. The number of phenolic OH excluding ortho intramolecular Hbond substituents is 2. The molecule has 3 nitrogen and oxygen atoms in total. The van der Waals surface area contributed by atoms with E-state index in [1.807, 2.05) is 24.4 Å². The van der Waals surface area contributed by atoms with E-state index >= 15 is 0 Å². The zero-order valence-corrected chi connectivity index (χ0v) is 15.1. The predicted octanol–water partition coefficient (Wildman–Crippen LogP) is 5.22. The quantitative estimate of drug-likeness (QED) is 0.580. The Balaban J connectivity index is 2.01. The summed E-state index contributed by atoms with van der Waals surface area (Å²) in [7, 11) is 0. The molecular weight excluding hydrogens is 354 g/mol. The van der Waals surface area contributed by atoms with Gasteiger partial charge in [-0.2, -0.15) is 0 Å². The van der Waals surface area contributed by atoms with E-state index in [-0.39, 0.29) is 11.5 Å². The van der Waals surface area contributed by atoms with Crippen molar-refractivity contribution in [3.63, 3.8) is 0 Å². The second-order valence-electron chi connectivity index (χ2n) is 6.18. The number of nitrogens with two attached hydrogens (primary N) is 1. The van der Waals surface area contributed by atoms with E-state index in [1.165, 1.54) is 16.9 Å². The molecule has 5 heteroatoms. The van der Waals surface area contributed by atoms with Crippen molar-refractivity contribution >= 4 is 39.1 Å². The van der Waals surface area contributed by atoms with Crippen LogP contribution in [0.2, 0.25) is 5.02 Å². The summed E-state index contributed by atoms with van der Waals surface area (Å²) in [6.45, 7) is 2.00. The molecule has 0 fully saturated rings. The third-order valence-corrected chi connectivity index (χ3v) is 5.69. The Morgan fingerprint density at radius 2 is 1.88 bits per heavy atom. The number of halogens is 1. The molecule has 0 bridgehead atoms. The molecular formula is C20H16ClNO2S. The van der Waals surface area contributed by atoms with Crippen LogP contribution in [0.5, 0.6) is 11.5 Å². The molecule has 1 aromatic heterocycles. The Morgan fingerprint density at radius 1 is 1.08 bits per heavy atom. The number of anilines is 1. The van der Waals surface area contributed by atoms with E-state index in [0.717, 1.165) is 44.8 Å². The first kappa shape index (κ1) is 16.1. The lowest BCUT2D eigenvalue weighted by Crippen LogP contribution is -1.92. The van der Waals surface area contributed by atoms with Gasteiger partial charge in [0, 0.05) is 5.56 Å². The minimum absolute atomic E-state index is 0.0620. The Labute approximate surface area is 154 Å². The van der Waals surface area contributed by atoms with Gasteiger partial charge in [-0.05, 0) is 82.5 Å². The van der Waals surface area contributed by atoms with Crippen molar-refractivity contribution in [3.8, 4) is 11.5 Å². The van der Waals surface area contributed by atoms with Crippen LogP contribution in [-0.2, 0) is 6.42 Å². The first-order valence-corrected chi connectivity index (χ1v) is 9.09. The van der Waals surface area contributed by atoms with Crippen LogP contribution >= 0.6 is 22.9 Å². The number of aryl methyl sites for hydroxylation is 1. The first-order chi connectivity index (χ1) is 12.0. The lowest BCUT2D eigenvalue weighted by Gasteiger charge is -2.10. The summed E-state index contributed by atoms with van der Waals surface area (Å²) in [6.07, 6.45) is 0.729. The summed E-state index contributed by atoms with van der Waals surface area (Å²) in [6, 6.07) is 10.8. The standard InChI is InChI=1S/C20H16ClNO2S/c1-10-6-12(23)8-16-14(10)9-15(11-2-3-18(24)17(21)7-11)19(16)13-4-5-25-20(13)22/h2-8,23-24H,9,22H2,1H3. The van der Waals surface area contributed by atoms with Gasteiger partial charge in [0.2, 0.25) is 0 Å². The lowest BCUT2D eigenvalue weighted by atomic mass is 9.95. The van der Waals surface area contributed by atoms with Crippen molar-refractivity contribution in [1.82, 2.24) is 0 Å². The third kappa shape index (κ3) is 2.58. The highest BCUT2D eigenvalue weighted by Crippen LogP contribution is 2.47. The monoisotopic (exact) mass is 369 g/mol. The van der Waals surface area contributed by atoms with Gasteiger partial charge in [-0.1, -0.05) is 17.7 Å². The summed E-state index contributed by atoms with van der Waals surface area (Å²) in [4.78, 5) is 0. The van der Waals surface area contributed by atoms with Crippen molar-refractivity contribution in [3.05, 3.63) is 74.6 Å². The summed E-state index contributed by atoms with van der Waals surface area (Å²) >= 11 is 7.62. The van der Waals surface area contributed by atoms with Gasteiger partial charge in [-0.25, -0.2) is 0 Å². The molecule has 126 valence electrons. The Morgan fingerprint density at radius 3 is 2.56 bits per heavy atom. The van der Waals surface area contributed by atoms with E-state index in [4.69, 9.17) is 17.3 Å². The molecule has 4 rings (SSSR count). The molecule has 0 radical (unpaired) electrons. The van der Waals surface area contributed by atoms with Gasteiger partial charge >= 0.3 is 0 Å². The van der Waals surface area contributed by atoms with Crippen LogP contribution in [0.4, 0.5) is 5.00 Å². The van der Waals surface area contributed by atoms with Gasteiger partial charge in [0.15, 0.2) is 0 Å². The summed E-state index contributed by atoms with van der Waals surface area (Å²) < 4.78 is 0. The number of aromatic hydroxyl groups is 2. The molecule has 3 aromatic rings. The highest BCUT2D eigenvalue weighted by Gasteiger charge is 2.27. The van der Waals surface area contributed by atoms with Crippen LogP contribution in [0.1, 0.15) is 27.8 Å². The van der Waals surface area contributed by atoms with E-state index in [0.29, 0.717) is 5.02 Å².